The number of terminal acetylenes is 1. The molecule has 0 aliphatic carbocycles. The fourth-order valence-corrected chi connectivity index (χ4v) is 2.03. The third-order valence-corrected chi connectivity index (χ3v) is 3.17. The smallest absolute Gasteiger partial charge is 0.258 e. The van der Waals surface area contributed by atoms with Crippen molar-refractivity contribution in [3.8, 4) is 23.7 Å². The summed E-state index contributed by atoms with van der Waals surface area (Å²) in [5.74, 6) is 3.55. The Kier molecular flexibility index (Phi) is 3.82. The summed E-state index contributed by atoms with van der Waals surface area (Å²) in [6.45, 7) is 1.69. The molecule has 0 radical (unpaired) electrons. The zero-order valence-electron chi connectivity index (χ0n) is 10.1. The van der Waals surface area contributed by atoms with Gasteiger partial charge in [0.2, 0.25) is 5.16 Å². The summed E-state index contributed by atoms with van der Waals surface area (Å²) < 4.78 is 0. The van der Waals surface area contributed by atoms with Crippen LogP contribution in [0, 0.1) is 29.4 Å². The van der Waals surface area contributed by atoms with Crippen molar-refractivity contribution in [1.82, 2.24) is 15.2 Å². The Morgan fingerprint density at radius 2 is 2.37 bits per heavy atom. The molecule has 1 aromatic heterocycles. The van der Waals surface area contributed by atoms with E-state index in [9.17, 15) is 10.1 Å². The molecular weight excluding hydrogens is 264 g/mol. The van der Waals surface area contributed by atoms with E-state index in [0.717, 1.165) is 5.56 Å². The van der Waals surface area contributed by atoms with E-state index in [0.29, 0.717) is 22.3 Å². The van der Waals surface area contributed by atoms with Crippen molar-refractivity contribution in [2.45, 2.75) is 12.1 Å². The normalized spacial score (nSPS) is 10.1. The lowest BCUT2D eigenvalue weighted by molar-refractivity contribution is -0.385. The third kappa shape index (κ3) is 2.92. The number of aryl methyl sites for hydroxylation is 1. The van der Waals surface area contributed by atoms with Gasteiger partial charge in [-0.25, -0.2) is 4.98 Å². The molecule has 0 unspecified atom stereocenters. The van der Waals surface area contributed by atoms with Crippen molar-refractivity contribution >= 4 is 17.4 Å². The summed E-state index contributed by atoms with van der Waals surface area (Å²) in [7, 11) is 0. The minimum atomic E-state index is -0.409. The van der Waals surface area contributed by atoms with E-state index >= 15 is 0 Å². The van der Waals surface area contributed by atoms with E-state index in [1.54, 1.807) is 19.1 Å². The first-order chi connectivity index (χ1) is 9.11. The molecule has 2 aromatic rings. The van der Waals surface area contributed by atoms with Crippen molar-refractivity contribution in [2.24, 2.45) is 0 Å². The molecule has 6 nitrogen and oxygen atoms in total. The predicted molar refractivity (Wildman–Crippen MR) is 72.8 cm³/mol. The van der Waals surface area contributed by atoms with Crippen LogP contribution in [0.15, 0.2) is 23.4 Å². The molecule has 2 rings (SSSR count). The maximum Gasteiger partial charge on any atom is 0.272 e. The average molecular weight is 274 g/mol. The number of thioether (sulfide) groups is 1. The van der Waals surface area contributed by atoms with Gasteiger partial charge < -0.3 is 0 Å². The molecule has 0 bridgehead atoms. The van der Waals surface area contributed by atoms with E-state index in [1.165, 1.54) is 17.8 Å². The van der Waals surface area contributed by atoms with Crippen LogP contribution >= 0.6 is 11.8 Å². The van der Waals surface area contributed by atoms with Crippen LogP contribution in [0.1, 0.15) is 5.56 Å². The Morgan fingerprint density at radius 3 is 3.00 bits per heavy atom. The number of nitro benzene ring substituents is 1. The Hall–Kier alpha value is -2.33. The number of hydrogen-bond donors (Lipinski definition) is 1. The van der Waals surface area contributed by atoms with Gasteiger partial charge in [-0.2, -0.15) is 0 Å². The molecule has 0 saturated carbocycles. The molecule has 96 valence electrons. The fraction of sp³-hybridized carbons (Fsp3) is 0.167. The molecule has 0 amide bonds. The van der Waals surface area contributed by atoms with Gasteiger partial charge in [0.15, 0.2) is 5.82 Å². The summed E-state index contributed by atoms with van der Waals surface area (Å²) in [5.41, 5.74) is 1.42. The summed E-state index contributed by atoms with van der Waals surface area (Å²) in [4.78, 5) is 14.6. The zero-order valence-corrected chi connectivity index (χ0v) is 10.9. The predicted octanol–water partition coefficient (Wildman–Crippen LogP) is 2.41. The molecule has 19 heavy (non-hydrogen) atoms. The Morgan fingerprint density at radius 1 is 1.58 bits per heavy atom. The Balaban J connectivity index is 2.27. The summed E-state index contributed by atoms with van der Waals surface area (Å²) >= 11 is 1.35. The minimum absolute atomic E-state index is 0.0881. The quantitative estimate of drug-likeness (QED) is 0.400. The first kappa shape index (κ1) is 13.1. The number of aromatic nitrogens is 3. The van der Waals surface area contributed by atoms with Gasteiger partial charge in [-0.15, -0.1) is 11.5 Å². The van der Waals surface area contributed by atoms with Crippen LogP contribution in [-0.2, 0) is 0 Å². The highest BCUT2D eigenvalue weighted by atomic mass is 32.2. The second-order valence-electron chi connectivity index (χ2n) is 3.72. The second-order valence-corrected chi connectivity index (χ2v) is 4.66. The maximum atomic E-state index is 10.7. The van der Waals surface area contributed by atoms with Crippen molar-refractivity contribution < 1.29 is 4.92 Å². The molecule has 0 fully saturated rings. The Bertz CT molecular complexity index is 660. The molecule has 0 atom stereocenters. The second kappa shape index (κ2) is 5.54. The lowest BCUT2D eigenvalue weighted by atomic mass is 10.1. The number of nitro groups is 1. The number of H-pyrrole nitrogens is 1. The zero-order chi connectivity index (χ0) is 13.8. The third-order valence-electron chi connectivity index (χ3n) is 2.42. The van der Waals surface area contributed by atoms with Crippen LogP contribution in [0.2, 0.25) is 0 Å². The highest BCUT2D eigenvalue weighted by molar-refractivity contribution is 7.99. The van der Waals surface area contributed by atoms with Gasteiger partial charge in [-0.3, -0.25) is 15.2 Å². The molecule has 0 aliphatic rings. The van der Waals surface area contributed by atoms with Crippen LogP contribution in [0.3, 0.4) is 0 Å². The summed E-state index contributed by atoms with van der Waals surface area (Å²) in [6, 6.07) is 4.80. The number of nitrogens with zero attached hydrogens (tertiary/aromatic N) is 3. The highest BCUT2D eigenvalue weighted by Crippen LogP contribution is 2.25. The van der Waals surface area contributed by atoms with Gasteiger partial charge in [0, 0.05) is 17.2 Å². The van der Waals surface area contributed by atoms with Gasteiger partial charge in [0.05, 0.1) is 10.7 Å². The van der Waals surface area contributed by atoms with Gasteiger partial charge in [-0.1, -0.05) is 17.7 Å². The van der Waals surface area contributed by atoms with Crippen LogP contribution in [0.5, 0.6) is 0 Å². The number of nitrogens with one attached hydrogen (secondary N) is 1. The summed E-state index contributed by atoms with van der Waals surface area (Å²) in [5, 5.41) is 18.1. The lowest BCUT2D eigenvalue weighted by Crippen LogP contribution is -1.92. The monoisotopic (exact) mass is 274 g/mol. The van der Waals surface area contributed by atoms with E-state index in [2.05, 4.69) is 21.1 Å². The van der Waals surface area contributed by atoms with Crippen molar-refractivity contribution in [3.63, 3.8) is 0 Å². The topological polar surface area (TPSA) is 84.7 Å². The minimum Gasteiger partial charge on any atom is -0.258 e. The molecule has 1 aromatic carbocycles. The SMILES string of the molecule is C#CCSc1n[nH]c(-c2ccc([N+](=O)[O-])c(C)c2)n1. The Labute approximate surface area is 113 Å². The van der Waals surface area contributed by atoms with Gasteiger partial charge in [0.25, 0.3) is 5.69 Å². The van der Waals surface area contributed by atoms with Gasteiger partial charge in [0.1, 0.15) is 0 Å². The maximum absolute atomic E-state index is 10.7. The van der Waals surface area contributed by atoms with Crippen LogP contribution < -0.4 is 0 Å². The molecule has 1 heterocycles. The first-order valence-corrected chi connectivity index (χ1v) is 6.34. The largest absolute Gasteiger partial charge is 0.272 e. The van der Waals surface area contributed by atoms with Crippen LogP contribution in [0.25, 0.3) is 11.4 Å². The molecule has 0 spiro atoms. The highest BCUT2D eigenvalue weighted by Gasteiger charge is 2.13. The molecular formula is C12H10N4O2S. The van der Waals surface area contributed by atoms with E-state index < -0.39 is 4.92 Å². The van der Waals surface area contributed by atoms with Crippen LogP contribution in [0.4, 0.5) is 5.69 Å². The standard InChI is InChI=1S/C12H10N4O2S/c1-3-6-19-12-13-11(14-15-12)9-4-5-10(16(17)18)8(2)7-9/h1,4-5,7H,6H2,2H3,(H,13,14,15). The van der Waals surface area contributed by atoms with E-state index in [4.69, 9.17) is 6.42 Å². The van der Waals surface area contributed by atoms with Gasteiger partial charge >= 0.3 is 0 Å². The van der Waals surface area contributed by atoms with Crippen molar-refractivity contribution in [2.75, 3.05) is 5.75 Å². The van der Waals surface area contributed by atoms with Gasteiger partial charge in [-0.05, 0) is 19.1 Å². The van der Waals surface area contributed by atoms with E-state index in [-0.39, 0.29) is 5.69 Å². The lowest BCUT2D eigenvalue weighted by Gasteiger charge is -1.99. The molecule has 0 aliphatic heterocycles. The molecule has 0 saturated heterocycles. The fourth-order valence-electron chi connectivity index (χ4n) is 1.55. The average Bonchev–Trinajstić information content (AvgIpc) is 2.84. The number of rotatable bonds is 4. The first-order valence-electron chi connectivity index (χ1n) is 5.36. The van der Waals surface area contributed by atoms with Crippen molar-refractivity contribution in [3.05, 3.63) is 33.9 Å². The number of hydrogen-bond acceptors (Lipinski definition) is 5. The molecule has 7 heteroatoms. The number of aromatic amines is 1. The van der Waals surface area contributed by atoms with Crippen molar-refractivity contribution in [1.29, 1.82) is 0 Å². The van der Waals surface area contributed by atoms with E-state index in [1.807, 2.05) is 0 Å². The van der Waals surface area contributed by atoms with Crippen LogP contribution in [-0.4, -0.2) is 25.9 Å². The number of benzene rings is 1. The molecule has 1 N–H and O–H groups in total. The summed E-state index contributed by atoms with van der Waals surface area (Å²) in [6.07, 6.45) is 5.16.